The maximum atomic E-state index is 12.5. The number of β-amino-alcohol motifs (C(OH)–C–C–N with tert-alkyl or cyclic N) is 1. The van der Waals surface area contributed by atoms with Gasteiger partial charge in [0, 0.05) is 38.4 Å². The number of sulfone groups is 1. The summed E-state index contributed by atoms with van der Waals surface area (Å²) in [4.78, 5) is 17.1. The maximum Gasteiger partial charge on any atom is 0.238 e. The predicted molar refractivity (Wildman–Crippen MR) is 142 cm³/mol. The molecule has 0 spiro atoms. The number of hydrogen-bond acceptors (Lipinski definition) is 7. The summed E-state index contributed by atoms with van der Waals surface area (Å²) in [5.74, 6) is 0.661. The lowest BCUT2D eigenvalue weighted by molar-refractivity contribution is -0.117. The zero-order valence-corrected chi connectivity index (χ0v) is 22.4. The van der Waals surface area contributed by atoms with Gasteiger partial charge in [-0.15, -0.1) is 0 Å². The van der Waals surface area contributed by atoms with E-state index in [1.807, 2.05) is 39.0 Å². The highest BCUT2D eigenvalue weighted by Gasteiger charge is 2.21. The van der Waals surface area contributed by atoms with Crippen LogP contribution in [0.15, 0.2) is 47.4 Å². The van der Waals surface area contributed by atoms with Crippen LogP contribution < -0.4 is 10.1 Å². The van der Waals surface area contributed by atoms with E-state index >= 15 is 0 Å². The summed E-state index contributed by atoms with van der Waals surface area (Å²) < 4.78 is 30.2. The second-order valence-corrected chi connectivity index (χ2v) is 11.6. The Kier molecular flexibility index (Phi) is 10.3. The molecule has 1 aliphatic rings. The standard InChI is InChI=1S/C27H39N3O5S/c1-4-5-17-36(33,34)25-11-9-24(10-12-25)35-20-23(31)18-29-13-15-30(16-14-29)19-26(32)28-27-21(2)7-6-8-22(27)3/h6-12,23,31H,4-5,13-20H2,1-3H3,(H,28,32). The van der Waals surface area contributed by atoms with Crippen molar-refractivity contribution in [2.75, 3.05) is 56.9 Å². The van der Waals surface area contributed by atoms with Crippen LogP contribution in [-0.2, 0) is 14.6 Å². The largest absolute Gasteiger partial charge is 0.491 e. The number of carbonyl (C=O) groups is 1. The van der Waals surface area contributed by atoms with Crippen LogP contribution in [0.3, 0.4) is 0 Å². The van der Waals surface area contributed by atoms with Gasteiger partial charge in [0.05, 0.1) is 17.2 Å². The van der Waals surface area contributed by atoms with E-state index < -0.39 is 15.9 Å². The van der Waals surface area contributed by atoms with Crippen LogP contribution in [0.1, 0.15) is 30.9 Å². The van der Waals surface area contributed by atoms with Crippen molar-refractivity contribution in [3.63, 3.8) is 0 Å². The Bertz CT molecular complexity index is 1080. The SMILES string of the molecule is CCCCS(=O)(=O)c1ccc(OCC(O)CN2CCN(CC(=O)Nc3c(C)cccc3C)CC2)cc1. The third-order valence-corrected chi connectivity index (χ3v) is 8.26. The minimum absolute atomic E-state index is 0.0153. The summed E-state index contributed by atoms with van der Waals surface area (Å²) >= 11 is 0. The van der Waals surface area contributed by atoms with Gasteiger partial charge in [-0.2, -0.15) is 0 Å². The van der Waals surface area contributed by atoms with Gasteiger partial charge in [-0.3, -0.25) is 14.6 Å². The number of piperazine rings is 1. The van der Waals surface area contributed by atoms with Gasteiger partial charge in [-0.25, -0.2) is 8.42 Å². The van der Waals surface area contributed by atoms with Crippen molar-refractivity contribution < 1.29 is 23.1 Å². The Labute approximate surface area is 215 Å². The number of benzene rings is 2. The lowest BCUT2D eigenvalue weighted by Crippen LogP contribution is -2.50. The Morgan fingerprint density at radius 3 is 2.25 bits per heavy atom. The first-order chi connectivity index (χ1) is 17.2. The fourth-order valence-electron chi connectivity index (χ4n) is 4.26. The number of carbonyl (C=O) groups excluding carboxylic acids is 1. The third kappa shape index (κ3) is 8.30. The van der Waals surface area contributed by atoms with Gasteiger partial charge >= 0.3 is 0 Å². The molecule has 36 heavy (non-hydrogen) atoms. The van der Waals surface area contributed by atoms with Crippen LogP contribution in [0.4, 0.5) is 5.69 Å². The molecule has 0 aliphatic carbocycles. The number of amides is 1. The molecule has 2 N–H and O–H groups in total. The molecular weight excluding hydrogens is 478 g/mol. The number of ether oxygens (including phenoxy) is 1. The van der Waals surface area contributed by atoms with Crippen LogP contribution in [0.2, 0.25) is 0 Å². The number of rotatable bonds is 12. The topological polar surface area (TPSA) is 99.2 Å². The van der Waals surface area contributed by atoms with Crippen LogP contribution in [0, 0.1) is 13.8 Å². The van der Waals surface area contributed by atoms with Gasteiger partial charge in [0.2, 0.25) is 5.91 Å². The van der Waals surface area contributed by atoms with E-state index in [1.165, 1.54) is 0 Å². The summed E-state index contributed by atoms with van der Waals surface area (Å²) in [6.45, 7) is 9.92. The molecule has 2 aromatic rings. The molecule has 3 rings (SSSR count). The first-order valence-electron chi connectivity index (χ1n) is 12.6. The molecule has 1 aliphatic heterocycles. The number of nitrogens with one attached hydrogen (secondary N) is 1. The number of aliphatic hydroxyl groups is 1. The normalized spacial score (nSPS) is 16.0. The molecule has 1 unspecified atom stereocenters. The molecule has 198 valence electrons. The van der Waals surface area contributed by atoms with E-state index in [0.717, 1.165) is 49.4 Å². The molecule has 1 saturated heterocycles. The highest BCUT2D eigenvalue weighted by Crippen LogP contribution is 2.20. The van der Waals surface area contributed by atoms with Gasteiger partial charge in [0.25, 0.3) is 0 Å². The average Bonchev–Trinajstić information content (AvgIpc) is 2.85. The fraction of sp³-hybridized carbons (Fsp3) is 0.519. The van der Waals surface area contributed by atoms with Crippen LogP contribution >= 0.6 is 0 Å². The van der Waals surface area contributed by atoms with Crippen LogP contribution in [-0.4, -0.2) is 87.0 Å². The number of aryl methyl sites for hydroxylation is 2. The summed E-state index contributed by atoms with van der Waals surface area (Å²) in [5, 5.41) is 13.5. The van der Waals surface area contributed by atoms with Crippen molar-refractivity contribution in [2.24, 2.45) is 0 Å². The quantitative estimate of drug-likeness (QED) is 0.447. The number of unbranched alkanes of at least 4 members (excludes halogenated alkanes) is 1. The van der Waals surface area contributed by atoms with Gasteiger partial charge in [-0.1, -0.05) is 31.5 Å². The minimum Gasteiger partial charge on any atom is -0.491 e. The highest BCUT2D eigenvalue weighted by molar-refractivity contribution is 7.91. The van der Waals surface area contributed by atoms with Gasteiger partial charge in [0.15, 0.2) is 9.84 Å². The number of hydrogen-bond donors (Lipinski definition) is 2. The van der Waals surface area contributed by atoms with E-state index in [9.17, 15) is 18.3 Å². The molecule has 0 radical (unpaired) electrons. The Balaban J connectivity index is 1.37. The number of anilines is 1. The molecular formula is C27H39N3O5S. The molecule has 0 saturated carbocycles. The summed E-state index contributed by atoms with van der Waals surface area (Å²) in [6.07, 6.45) is 0.800. The van der Waals surface area contributed by atoms with Gasteiger partial charge < -0.3 is 15.2 Å². The fourth-order valence-corrected chi connectivity index (χ4v) is 5.72. The molecule has 1 amide bonds. The van der Waals surface area contributed by atoms with E-state index in [4.69, 9.17) is 4.74 Å². The second-order valence-electron chi connectivity index (χ2n) is 9.50. The van der Waals surface area contributed by atoms with E-state index in [1.54, 1.807) is 24.3 Å². The molecule has 1 atom stereocenters. The van der Waals surface area contributed by atoms with Gasteiger partial charge in [0.1, 0.15) is 18.5 Å². The van der Waals surface area contributed by atoms with Crippen molar-refractivity contribution >= 4 is 21.4 Å². The monoisotopic (exact) mass is 517 g/mol. The van der Waals surface area contributed by atoms with Crippen molar-refractivity contribution in [3.8, 4) is 5.75 Å². The van der Waals surface area contributed by atoms with E-state index in [-0.39, 0.29) is 18.3 Å². The van der Waals surface area contributed by atoms with E-state index in [2.05, 4.69) is 15.1 Å². The van der Waals surface area contributed by atoms with Crippen molar-refractivity contribution in [1.29, 1.82) is 0 Å². The first kappa shape index (κ1) is 28.1. The highest BCUT2D eigenvalue weighted by atomic mass is 32.2. The van der Waals surface area contributed by atoms with E-state index in [0.29, 0.717) is 30.2 Å². The van der Waals surface area contributed by atoms with Crippen molar-refractivity contribution in [1.82, 2.24) is 9.80 Å². The predicted octanol–water partition coefficient (Wildman–Crippen LogP) is 2.87. The minimum atomic E-state index is -3.26. The first-order valence-corrected chi connectivity index (χ1v) is 14.3. The molecule has 2 aromatic carbocycles. The number of para-hydroxylation sites is 1. The molecule has 1 fully saturated rings. The smallest absolute Gasteiger partial charge is 0.238 e. The Morgan fingerprint density at radius 1 is 1.03 bits per heavy atom. The van der Waals surface area contributed by atoms with Crippen LogP contribution in [0.25, 0.3) is 0 Å². The van der Waals surface area contributed by atoms with Crippen molar-refractivity contribution in [3.05, 3.63) is 53.6 Å². The Morgan fingerprint density at radius 2 is 1.64 bits per heavy atom. The molecule has 0 bridgehead atoms. The molecule has 8 nitrogen and oxygen atoms in total. The van der Waals surface area contributed by atoms with Crippen molar-refractivity contribution in [2.45, 2.75) is 44.6 Å². The summed E-state index contributed by atoms with van der Waals surface area (Å²) in [7, 11) is -3.26. The Hall–Kier alpha value is -2.46. The zero-order valence-electron chi connectivity index (χ0n) is 21.6. The second kappa shape index (κ2) is 13.2. The number of nitrogens with zero attached hydrogens (tertiary/aromatic N) is 2. The summed E-state index contributed by atoms with van der Waals surface area (Å²) in [6, 6.07) is 12.3. The van der Waals surface area contributed by atoms with Crippen LogP contribution in [0.5, 0.6) is 5.75 Å². The molecule has 1 heterocycles. The summed E-state index contributed by atoms with van der Waals surface area (Å²) in [5.41, 5.74) is 2.99. The lowest BCUT2D eigenvalue weighted by atomic mass is 10.1. The average molecular weight is 518 g/mol. The third-order valence-electron chi connectivity index (χ3n) is 6.44. The zero-order chi connectivity index (χ0) is 26.1. The lowest BCUT2D eigenvalue weighted by Gasteiger charge is -2.35. The molecule has 0 aromatic heterocycles. The molecule has 9 heteroatoms. The maximum absolute atomic E-state index is 12.5. The number of aliphatic hydroxyl groups excluding tert-OH is 1. The van der Waals surface area contributed by atoms with Gasteiger partial charge in [-0.05, 0) is 55.7 Å².